The van der Waals surface area contributed by atoms with Gasteiger partial charge in [-0.15, -0.1) is 23.5 Å². The van der Waals surface area contributed by atoms with E-state index in [0.717, 1.165) is 12.8 Å². The summed E-state index contributed by atoms with van der Waals surface area (Å²) in [4.78, 5) is 13.7. The monoisotopic (exact) mass is 420 g/mol. The van der Waals surface area contributed by atoms with E-state index in [9.17, 15) is 4.79 Å². The van der Waals surface area contributed by atoms with Crippen LogP contribution in [0.15, 0.2) is 11.6 Å². The van der Waals surface area contributed by atoms with Crippen LogP contribution in [-0.4, -0.2) is 40.4 Å². The summed E-state index contributed by atoms with van der Waals surface area (Å²) in [6.07, 6.45) is 11.4. The van der Waals surface area contributed by atoms with Crippen LogP contribution in [-0.2, 0) is 14.3 Å². The maximum absolute atomic E-state index is 13.7. The number of ketones is 1. The van der Waals surface area contributed by atoms with Gasteiger partial charge in [0, 0.05) is 35.7 Å². The molecule has 28 heavy (non-hydrogen) atoms. The predicted molar refractivity (Wildman–Crippen MR) is 114 cm³/mol. The Hall–Kier alpha value is 0.0300. The fourth-order valence-electron chi connectivity index (χ4n) is 8.11. The molecule has 2 aliphatic heterocycles. The van der Waals surface area contributed by atoms with E-state index < -0.39 is 5.79 Å². The average Bonchev–Trinajstić information content (AvgIpc) is 3.43. The zero-order valence-corrected chi connectivity index (χ0v) is 18.5. The van der Waals surface area contributed by atoms with Crippen LogP contribution in [0.3, 0.4) is 0 Å². The van der Waals surface area contributed by atoms with Crippen molar-refractivity contribution >= 4 is 29.3 Å². The van der Waals surface area contributed by atoms with Gasteiger partial charge in [0.2, 0.25) is 0 Å². The predicted octanol–water partition coefficient (Wildman–Crippen LogP) is 5.05. The molecule has 6 rings (SSSR count). The third kappa shape index (κ3) is 2.37. The van der Waals surface area contributed by atoms with E-state index in [1.165, 1.54) is 43.6 Å². The molecule has 0 aromatic carbocycles. The molecule has 5 heteroatoms. The van der Waals surface area contributed by atoms with Gasteiger partial charge in [0.25, 0.3) is 0 Å². The fraction of sp³-hybridized carbons (Fsp3) is 0.870. The quantitative estimate of drug-likeness (QED) is 0.555. The summed E-state index contributed by atoms with van der Waals surface area (Å²) >= 11 is 4.30. The van der Waals surface area contributed by atoms with E-state index >= 15 is 0 Å². The minimum Gasteiger partial charge on any atom is -0.347 e. The van der Waals surface area contributed by atoms with Gasteiger partial charge in [-0.2, -0.15) is 0 Å². The van der Waals surface area contributed by atoms with Crippen LogP contribution < -0.4 is 0 Å². The molecule has 3 saturated carbocycles. The summed E-state index contributed by atoms with van der Waals surface area (Å²) in [6, 6.07) is 0. The number of ether oxygens (including phenoxy) is 2. The molecule has 4 aliphatic carbocycles. The smallest absolute Gasteiger partial charge is 0.174 e. The van der Waals surface area contributed by atoms with Crippen LogP contribution in [0.4, 0.5) is 0 Å². The SMILES string of the molecule is CC[C@]12CC(=O)[C@@H]3C4CCC5(C=C4CCC3C1CCC21OCCO1)SCCS5. The normalized spacial score (nSPS) is 45.8. The summed E-state index contributed by atoms with van der Waals surface area (Å²) in [5.41, 5.74) is 1.56. The average molecular weight is 421 g/mol. The molecule has 2 saturated heterocycles. The van der Waals surface area contributed by atoms with Crippen molar-refractivity contribution in [2.45, 2.75) is 68.2 Å². The second-order valence-corrected chi connectivity index (χ2v) is 13.0. The molecule has 0 bridgehead atoms. The third-order valence-corrected chi connectivity index (χ3v) is 12.5. The summed E-state index contributed by atoms with van der Waals surface area (Å²) in [5.74, 6) is 4.59. The van der Waals surface area contributed by atoms with Crippen LogP contribution in [0.25, 0.3) is 0 Å². The lowest BCUT2D eigenvalue weighted by molar-refractivity contribution is -0.244. The minimum absolute atomic E-state index is 0.0734. The maximum Gasteiger partial charge on any atom is 0.174 e. The lowest BCUT2D eigenvalue weighted by Gasteiger charge is -2.56. The second kappa shape index (κ2) is 6.51. The lowest BCUT2D eigenvalue weighted by atomic mass is 9.50. The Labute approximate surface area is 177 Å². The van der Waals surface area contributed by atoms with Crippen LogP contribution >= 0.6 is 23.5 Å². The summed E-state index contributed by atoms with van der Waals surface area (Å²) < 4.78 is 12.9. The molecule has 2 heterocycles. The summed E-state index contributed by atoms with van der Waals surface area (Å²) in [7, 11) is 0. The highest BCUT2D eigenvalue weighted by Gasteiger charge is 2.69. The third-order valence-electron chi connectivity index (χ3n) is 9.14. The van der Waals surface area contributed by atoms with E-state index in [2.05, 4.69) is 36.5 Å². The Morgan fingerprint density at radius 1 is 1.11 bits per heavy atom. The molecule has 0 amide bonds. The first kappa shape index (κ1) is 18.8. The van der Waals surface area contributed by atoms with Crippen molar-refractivity contribution in [3.63, 3.8) is 0 Å². The Morgan fingerprint density at radius 2 is 1.89 bits per heavy atom. The van der Waals surface area contributed by atoms with Crippen LogP contribution in [0.1, 0.15) is 58.3 Å². The largest absolute Gasteiger partial charge is 0.347 e. The van der Waals surface area contributed by atoms with E-state index in [1.807, 2.05) is 0 Å². The fourth-order valence-corrected chi connectivity index (χ4v) is 11.3. The van der Waals surface area contributed by atoms with Crippen molar-refractivity contribution in [1.29, 1.82) is 0 Å². The second-order valence-electron chi connectivity index (χ2n) is 9.85. The maximum atomic E-state index is 13.7. The van der Waals surface area contributed by atoms with E-state index in [-0.39, 0.29) is 11.3 Å². The van der Waals surface area contributed by atoms with Crippen LogP contribution in [0, 0.1) is 29.1 Å². The van der Waals surface area contributed by atoms with E-state index in [0.29, 0.717) is 47.3 Å². The molecule has 6 aliphatic rings. The van der Waals surface area contributed by atoms with Gasteiger partial charge < -0.3 is 9.47 Å². The Kier molecular flexibility index (Phi) is 4.37. The van der Waals surface area contributed by atoms with Crippen molar-refractivity contribution in [3.8, 4) is 0 Å². The molecule has 5 fully saturated rings. The summed E-state index contributed by atoms with van der Waals surface area (Å²) in [6.45, 7) is 3.67. The van der Waals surface area contributed by atoms with Gasteiger partial charge in [0.05, 0.1) is 17.3 Å². The van der Waals surface area contributed by atoms with Crippen molar-refractivity contribution < 1.29 is 14.3 Å². The molecule has 3 nitrogen and oxygen atoms in total. The van der Waals surface area contributed by atoms with Gasteiger partial charge in [0.1, 0.15) is 5.78 Å². The van der Waals surface area contributed by atoms with Crippen LogP contribution in [0.5, 0.6) is 0 Å². The molecule has 3 unspecified atom stereocenters. The minimum atomic E-state index is -0.461. The molecular weight excluding hydrogens is 388 g/mol. The number of allylic oxidation sites excluding steroid dienone is 1. The Balaban J connectivity index is 1.34. The number of carbonyl (C=O) groups excluding carboxylic acids is 1. The Bertz CT molecular complexity index is 707. The topological polar surface area (TPSA) is 35.5 Å². The van der Waals surface area contributed by atoms with Crippen LogP contribution in [0.2, 0.25) is 0 Å². The van der Waals surface area contributed by atoms with Gasteiger partial charge in [0.15, 0.2) is 5.79 Å². The molecule has 5 atom stereocenters. The first-order valence-electron chi connectivity index (χ1n) is 11.4. The highest BCUT2D eigenvalue weighted by Crippen LogP contribution is 2.68. The molecule has 154 valence electrons. The van der Waals surface area contributed by atoms with Crippen molar-refractivity contribution in [1.82, 2.24) is 0 Å². The number of carbonyl (C=O) groups is 1. The van der Waals surface area contributed by atoms with Crippen molar-refractivity contribution in [3.05, 3.63) is 11.6 Å². The number of thioether (sulfide) groups is 2. The van der Waals surface area contributed by atoms with Crippen molar-refractivity contribution in [2.24, 2.45) is 29.1 Å². The first-order valence-corrected chi connectivity index (χ1v) is 13.4. The molecule has 0 radical (unpaired) electrons. The molecule has 0 aromatic heterocycles. The van der Waals surface area contributed by atoms with Gasteiger partial charge in [-0.25, -0.2) is 0 Å². The van der Waals surface area contributed by atoms with E-state index in [1.54, 1.807) is 5.57 Å². The standard InChI is InChI=1S/C23H32O3S2/c1-2-21-14-19(24)20-16-5-7-22(27-11-12-28-22)13-15(16)3-4-17(20)18(21)6-8-23(21)25-9-10-26-23/h13,16-18,20H,2-12,14H2,1H3/t16?,17?,18?,20-,21+/m1/s1. The summed E-state index contributed by atoms with van der Waals surface area (Å²) in [5, 5.41) is 0. The molecular formula is C23H32O3S2. The highest BCUT2D eigenvalue weighted by atomic mass is 32.2. The van der Waals surface area contributed by atoms with Gasteiger partial charge in [-0.1, -0.05) is 18.6 Å². The number of hydrogen-bond donors (Lipinski definition) is 0. The number of Topliss-reactive ketones (excluding diaryl/α,β-unsaturated/α-hetero) is 1. The zero-order valence-electron chi connectivity index (χ0n) is 16.9. The van der Waals surface area contributed by atoms with Gasteiger partial charge in [-0.05, 0) is 56.3 Å². The molecule has 0 aromatic rings. The zero-order chi connectivity index (χ0) is 19.0. The lowest BCUT2D eigenvalue weighted by Crippen LogP contribution is -2.57. The van der Waals surface area contributed by atoms with Gasteiger partial charge in [-0.3, -0.25) is 4.79 Å². The molecule has 0 N–H and O–H groups in total. The Morgan fingerprint density at radius 3 is 2.64 bits per heavy atom. The number of fused-ring (bicyclic) bond motifs is 6. The first-order chi connectivity index (χ1) is 13.6. The molecule has 2 spiro atoms. The van der Waals surface area contributed by atoms with Crippen molar-refractivity contribution in [2.75, 3.05) is 24.7 Å². The van der Waals surface area contributed by atoms with E-state index in [4.69, 9.17) is 9.47 Å². The number of hydrogen-bond acceptors (Lipinski definition) is 5. The number of rotatable bonds is 1. The highest BCUT2D eigenvalue weighted by molar-refractivity contribution is 8.21. The van der Waals surface area contributed by atoms with Gasteiger partial charge >= 0.3 is 0 Å².